The van der Waals surface area contributed by atoms with E-state index < -0.39 is 4.70 Å². The zero-order valence-corrected chi connectivity index (χ0v) is 9.99. The Bertz CT molecular complexity index is 111. The summed E-state index contributed by atoms with van der Waals surface area (Å²) >= 11 is 8.80. The Hall–Kier alpha value is 0.427. The van der Waals surface area contributed by atoms with Gasteiger partial charge in [0.25, 0.3) is 0 Å². The Morgan fingerprint density at radius 1 is 1.45 bits per heavy atom. The summed E-state index contributed by atoms with van der Waals surface area (Å²) in [5.74, 6) is 0. The lowest BCUT2D eigenvalue weighted by Gasteiger charge is -2.17. The van der Waals surface area contributed by atoms with Crippen molar-refractivity contribution in [1.82, 2.24) is 0 Å². The molecule has 1 fully saturated rings. The van der Waals surface area contributed by atoms with Crippen molar-refractivity contribution in [3.8, 4) is 0 Å². The highest BCUT2D eigenvalue weighted by molar-refractivity contribution is 6.93. The predicted octanol–water partition coefficient (Wildman–Crippen LogP) is 1.46. The van der Waals surface area contributed by atoms with E-state index in [9.17, 15) is 0 Å². The highest BCUT2D eigenvalue weighted by Gasteiger charge is 2.05. The van der Waals surface area contributed by atoms with Crippen molar-refractivity contribution in [2.45, 2.75) is 25.0 Å². The molecule has 1 aliphatic rings. The average molecular weight is 215 g/mol. The van der Waals surface area contributed by atoms with Crippen LogP contribution in [0.1, 0.15) is 19.3 Å². The van der Waals surface area contributed by atoms with Crippen LogP contribution in [0.3, 0.4) is 0 Å². The Morgan fingerprint density at radius 2 is 2.00 bits per heavy atom. The molecule has 0 aromatic rings. The third kappa shape index (κ3) is 10.4. The maximum Gasteiger partial charge on any atom is 0.313 e. The Labute approximate surface area is 79.6 Å². The van der Waals surface area contributed by atoms with Crippen molar-refractivity contribution >= 4 is 38.1 Å². The van der Waals surface area contributed by atoms with Crippen LogP contribution in [0.2, 0.25) is 0 Å². The zero-order valence-electron chi connectivity index (χ0n) is 6.48. The lowest BCUT2D eigenvalue weighted by atomic mass is 10.2. The predicted molar refractivity (Wildman–Crippen MR) is 50.6 cm³/mol. The molecule has 0 saturated carbocycles. The standard InChI is InChI=1S/C5H12OSi.CCl2O/c7-5-3-1-2-4-6-5;2-1(3)4/h5H,1-4H2,7H3;. The lowest BCUT2D eigenvalue weighted by Crippen LogP contribution is -2.18. The van der Waals surface area contributed by atoms with Crippen molar-refractivity contribution in [2.75, 3.05) is 6.61 Å². The number of carbonyl (C=O) groups is 1. The van der Waals surface area contributed by atoms with Crippen LogP contribution in [0.25, 0.3) is 0 Å². The fourth-order valence-electron chi connectivity index (χ4n) is 0.902. The molecule has 0 N–H and O–H groups in total. The van der Waals surface area contributed by atoms with Crippen LogP contribution >= 0.6 is 23.2 Å². The topological polar surface area (TPSA) is 26.3 Å². The number of carbonyl (C=O) groups excluding carboxylic acids is 1. The largest absolute Gasteiger partial charge is 0.383 e. The van der Waals surface area contributed by atoms with Crippen LogP contribution in [0.4, 0.5) is 4.79 Å². The van der Waals surface area contributed by atoms with E-state index in [4.69, 9.17) is 9.53 Å². The quantitative estimate of drug-likeness (QED) is 0.451. The molecule has 11 heavy (non-hydrogen) atoms. The van der Waals surface area contributed by atoms with Crippen LogP contribution in [-0.2, 0) is 4.74 Å². The molecule has 2 nitrogen and oxygen atoms in total. The summed E-state index contributed by atoms with van der Waals surface area (Å²) in [6.45, 7) is 1.02. The smallest absolute Gasteiger partial charge is 0.313 e. The molecule has 0 aromatic heterocycles. The molecule has 0 aliphatic carbocycles. The van der Waals surface area contributed by atoms with E-state index in [1.165, 1.54) is 29.5 Å². The van der Waals surface area contributed by atoms with Gasteiger partial charge in [-0.1, -0.05) is 0 Å². The van der Waals surface area contributed by atoms with E-state index in [2.05, 4.69) is 23.2 Å². The van der Waals surface area contributed by atoms with Gasteiger partial charge in [-0.05, 0) is 42.5 Å². The van der Waals surface area contributed by atoms with Crippen LogP contribution in [0.15, 0.2) is 0 Å². The van der Waals surface area contributed by atoms with E-state index >= 15 is 0 Å². The van der Waals surface area contributed by atoms with Crippen molar-refractivity contribution in [3.63, 3.8) is 0 Å². The van der Waals surface area contributed by atoms with Crippen LogP contribution in [0.5, 0.6) is 0 Å². The average Bonchev–Trinajstić information content (AvgIpc) is 1.87. The minimum absolute atomic E-state index is 0.675. The van der Waals surface area contributed by atoms with Crippen molar-refractivity contribution in [3.05, 3.63) is 0 Å². The molecule has 0 aromatic carbocycles. The molecule has 5 heteroatoms. The number of halogens is 2. The van der Waals surface area contributed by atoms with Gasteiger partial charge in [-0.3, -0.25) is 4.79 Å². The van der Waals surface area contributed by atoms with Crippen LogP contribution in [-0.4, -0.2) is 27.3 Å². The van der Waals surface area contributed by atoms with E-state index in [0.717, 1.165) is 6.61 Å². The van der Waals surface area contributed by atoms with Gasteiger partial charge >= 0.3 is 4.70 Å². The summed E-state index contributed by atoms with van der Waals surface area (Å²) in [4.78, 5) is 8.98. The zero-order chi connectivity index (χ0) is 8.69. The SMILES string of the molecule is O=C(Cl)Cl.[SiH3]C1CCCCO1. The minimum atomic E-state index is -0.889. The first-order valence-electron chi connectivity index (χ1n) is 3.59. The molecule has 1 rings (SSSR count). The van der Waals surface area contributed by atoms with Gasteiger partial charge in [-0.15, -0.1) is 0 Å². The third-order valence-corrected chi connectivity index (χ3v) is 2.32. The normalized spacial score (nSPS) is 23.6. The summed E-state index contributed by atoms with van der Waals surface area (Å²) in [5.41, 5.74) is 0.675. The molecule has 0 bridgehead atoms. The monoisotopic (exact) mass is 214 g/mol. The fraction of sp³-hybridized carbons (Fsp3) is 0.833. The van der Waals surface area contributed by atoms with Gasteiger partial charge in [-0.2, -0.15) is 0 Å². The van der Waals surface area contributed by atoms with Gasteiger partial charge in [0.05, 0.1) is 0 Å². The van der Waals surface area contributed by atoms with Gasteiger partial charge < -0.3 is 4.74 Å². The second-order valence-electron chi connectivity index (χ2n) is 2.40. The molecule has 0 radical (unpaired) electrons. The molecule has 1 saturated heterocycles. The lowest BCUT2D eigenvalue weighted by molar-refractivity contribution is 0.0675. The molecule has 1 atom stereocenters. The molecular formula is C6H12Cl2O2Si. The summed E-state index contributed by atoms with van der Waals surface area (Å²) in [6, 6.07) is 0. The van der Waals surface area contributed by atoms with Crippen molar-refractivity contribution < 1.29 is 9.53 Å². The van der Waals surface area contributed by atoms with Gasteiger partial charge in [0, 0.05) is 22.6 Å². The van der Waals surface area contributed by atoms with Gasteiger partial charge in [0.2, 0.25) is 0 Å². The molecule has 1 aliphatic heterocycles. The Balaban J connectivity index is 0.000000218. The van der Waals surface area contributed by atoms with E-state index in [-0.39, 0.29) is 0 Å². The van der Waals surface area contributed by atoms with E-state index in [1.54, 1.807) is 0 Å². The summed E-state index contributed by atoms with van der Waals surface area (Å²) in [7, 11) is 1.23. The third-order valence-electron chi connectivity index (χ3n) is 1.41. The fourth-order valence-corrected chi connectivity index (χ4v) is 1.55. The summed E-state index contributed by atoms with van der Waals surface area (Å²) in [6.07, 6.45) is 4.01. The molecular weight excluding hydrogens is 203 g/mol. The van der Waals surface area contributed by atoms with Crippen LogP contribution in [0, 0.1) is 0 Å². The molecule has 0 spiro atoms. The van der Waals surface area contributed by atoms with Crippen molar-refractivity contribution in [1.29, 1.82) is 0 Å². The first-order chi connectivity index (χ1) is 5.13. The second-order valence-corrected chi connectivity index (χ2v) is 4.57. The number of hydrogen-bond donors (Lipinski definition) is 0. The summed E-state index contributed by atoms with van der Waals surface area (Å²) in [5, 5.41) is 0. The van der Waals surface area contributed by atoms with Crippen molar-refractivity contribution in [2.24, 2.45) is 0 Å². The number of ether oxygens (including phenoxy) is 1. The summed E-state index contributed by atoms with van der Waals surface area (Å²) < 4.78 is 4.45. The maximum absolute atomic E-state index is 8.98. The van der Waals surface area contributed by atoms with Gasteiger partial charge in [0.15, 0.2) is 0 Å². The molecule has 0 amide bonds. The van der Waals surface area contributed by atoms with Gasteiger partial charge in [0.1, 0.15) is 0 Å². The Kier molecular flexibility index (Phi) is 7.37. The number of rotatable bonds is 0. The first-order valence-corrected chi connectivity index (χ1v) is 5.50. The van der Waals surface area contributed by atoms with E-state index in [0.29, 0.717) is 5.73 Å². The molecule has 1 heterocycles. The number of hydrogen-bond acceptors (Lipinski definition) is 2. The highest BCUT2D eigenvalue weighted by Crippen LogP contribution is 2.08. The Morgan fingerprint density at radius 3 is 2.18 bits per heavy atom. The molecule has 66 valence electrons. The highest BCUT2D eigenvalue weighted by atomic mass is 35.5. The minimum Gasteiger partial charge on any atom is -0.383 e. The first kappa shape index (κ1) is 11.4. The second kappa shape index (κ2) is 7.10. The van der Waals surface area contributed by atoms with Crippen LogP contribution < -0.4 is 0 Å². The van der Waals surface area contributed by atoms with E-state index in [1.807, 2.05) is 0 Å². The molecule has 1 unspecified atom stereocenters. The van der Waals surface area contributed by atoms with Gasteiger partial charge in [-0.25, -0.2) is 0 Å². The maximum atomic E-state index is 8.98.